The summed E-state index contributed by atoms with van der Waals surface area (Å²) >= 11 is 0. The van der Waals surface area contributed by atoms with E-state index in [9.17, 15) is 4.79 Å². The van der Waals surface area contributed by atoms with Crippen molar-refractivity contribution in [2.45, 2.75) is 31.6 Å². The standard InChI is InChI=1S/C17H19N5O/c23-17(11-3-4-11)21-7-1-2-12(10-21)14-8-19-15-9-20-16-13(22(14)15)5-6-18-16/h5-6,8-9,11-12,18H,1-4,7,10H2/t12-/m0/s1. The van der Waals surface area contributed by atoms with E-state index in [0.29, 0.717) is 17.7 Å². The molecule has 0 unspecified atom stereocenters. The number of rotatable bonds is 2. The van der Waals surface area contributed by atoms with Crippen molar-refractivity contribution in [1.29, 1.82) is 0 Å². The van der Waals surface area contributed by atoms with E-state index in [-0.39, 0.29) is 0 Å². The zero-order valence-corrected chi connectivity index (χ0v) is 12.9. The summed E-state index contributed by atoms with van der Waals surface area (Å²) in [5, 5.41) is 0. The van der Waals surface area contributed by atoms with E-state index in [0.717, 1.165) is 55.6 Å². The lowest BCUT2D eigenvalue weighted by atomic mass is 9.94. The van der Waals surface area contributed by atoms with Crippen LogP contribution < -0.4 is 0 Å². The number of carbonyl (C=O) groups excluding carboxylic acids is 1. The molecule has 0 spiro atoms. The number of nitrogens with zero attached hydrogens (tertiary/aromatic N) is 4. The monoisotopic (exact) mass is 309 g/mol. The largest absolute Gasteiger partial charge is 0.345 e. The second kappa shape index (κ2) is 4.81. The van der Waals surface area contributed by atoms with Gasteiger partial charge in [0, 0.05) is 43.0 Å². The van der Waals surface area contributed by atoms with Crippen molar-refractivity contribution in [1.82, 2.24) is 24.3 Å². The van der Waals surface area contributed by atoms with Crippen LogP contribution in [-0.2, 0) is 4.79 Å². The fraction of sp³-hybridized carbons (Fsp3) is 0.471. The molecule has 6 heteroatoms. The van der Waals surface area contributed by atoms with Crippen LogP contribution in [0.25, 0.3) is 16.8 Å². The van der Waals surface area contributed by atoms with Gasteiger partial charge >= 0.3 is 0 Å². The first-order valence-electron chi connectivity index (χ1n) is 8.39. The molecule has 2 aliphatic rings. The summed E-state index contributed by atoms with van der Waals surface area (Å²) in [5.74, 6) is 1.01. The molecule has 0 radical (unpaired) electrons. The highest BCUT2D eigenvalue weighted by atomic mass is 16.2. The van der Waals surface area contributed by atoms with Gasteiger partial charge in [0.25, 0.3) is 0 Å². The third-order valence-corrected chi connectivity index (χ3v) is 5.15. The highest BCUT2D eigenvalue weighted by Gasteiger charge is 2.36. The molecule has 1 saturated heterocycles. The molecule has 1 saturated carbocycles. The molecule has 1 aliphatic carbocycles. The highest BCUT2D eigenvalue weighted by molar-refractivity contribution is 5.81. The summed E-state index contributed by atoms with van der Waals surface area (Å²) < 4.78 is 2.19. The molecule has 118 valence electrons. The predicted molar refractivity (Wildman–Crippen MR) is 86.1 cm³/mol. The highest BCUT2D eigenvalue weighted by Crippen LogP contribution is 2.35. The lowest BCUT2D eigenvalue weighted by Gasteiger charge is -2.32. The van der Waals surface area contributed by atoms with E-state index in [1.807, 2.05) is 18.5 Å². The van der Waals surface area contributed by atoms with Crippen LogP contribution in [0.5, 0.6) is 0 Å². The normalized spacial score (nSPS) is 22.1. The quantitative estimate of drug-likeness (QED) is 0.790. The van der Waals surface area contributed by atoms with Gasteiger partial charge in [0.1, 0.15) is 0 Å². The van der Waals surface area contributed by atoms with E-state index in [2.05, 4.69) is 24.3 Å². The van der Waals surface area contributed by atoms with Crippen LogP contribution in [0.2, 0.25) is 0 Å². The van der Waals surface area contributed by atoms with Gasteiger partial charge in [0.2, 0.25) is 5.91 Å². The van der Waals surface area contributed by atoms with Crippen LogP contribution in [0.1, 0.15) is 37.3 Å². The van der Waals surface area contributed by atoms with E-state index < -0.39 is 0 Å². The number of nitrogens with one attached hydrogen (secondary N) is 1. The van der Waals surface area contributed by atoms with E-state index >= 15 is 0 Å². The molecule has 23 heavy (non-hydrogen) atoms. The lowest BCUT2D eigenvalue weighted by Crippen LogP contribution is -2.40. The Morgan fingerprint density at radius 3 is 3.00 bits per heavy atom. The molecule has 5 rings (SSSR count). The SMILES string of the molecule is O=C(C1CC1)N1CCC[C@H](c2cnc3cnc4[nH]ccc4n23)C1. The Hall–Kier alpha value is -2.37. The summed E-state index contributed by atoms with van der Waals surface area (Å²) in [4.78, 5) is 26.5. The molecule has 2 fully saturated rings. The van der Waals surface area contributed by atoms with Gasteiger partial charge in [0.15, 0.2) is 11.3 Å². The Kier molecular flexibility index (Phi) is 2.74. The number of imidazole rings is 1. The van der Waals surface area contributed by atoms with Crippen molar-refractivity contribution in [3.8, 4) is 0 Å². The summed E-state index contributed by atoms with van der Waals surface area (Å²) in [6.45, 7) is 1.72. The van der Waals surface area contributed by atoms with Crippen molar-refractivity contribution in [3.05, 3.63) is 30.4 Å². The molecule has 3 aromatic heterocycles. The molecular weight excluding hydrogens is 290 g/mol. The Morgan fingerprint density at radius 1 is 1.22 bits per heavy atom. The van der Waals surface area contributed by atoms with Gasteiger partial charge in [-0.05, 0) is 31.7 Å². The molecule has 1 aliphatic heterocycles. The van der Waals surface area contributed by atoms with Gasteiger partial charge in [-0.25, -0.2) is 9.97 Å². The Balaban J connectivity index is 1.54. The second-order valence-electron chi connectivity index (χ2n) is 6.74. The zero-order valence-electron chi connectivity index (χ0n) is 12.9. The minimum atomic E-state index is 0.302. The summed E-state index contributed by atoms with van der Waals surface area (Å²) in [5.41, 5.74) is 4.00. The maximum atomic E-state index is 12.4. The maximum absolute atomic E-state index is 12.4. The molecular formula is C17H19N5O. The minimum Gasteiger partial charge on any atom is -0.345 e. The van der Waals surface area contributed by atoms with Crippen LogP contribution in [-0.4, -0.2) is 43.2 Å². The number of hydrogen-bond donors (Lipinski definition) is 1. The number of carbonyl (C=O) groups is 1. The second-order valence-corrected chi connectivity index (χ2v) is 6.74. The molecule has 0 aromatic carbocycles. The molecule has 1 amide bonds. The number of fused-ring (bicyclic) bond motifs is 3. The van der Waals surface area contributed by atoms with Gasteiger partial charge in [0.05, 0.1) is 11.7 Å². The number of amides is 1. The number of likely N-dealkylation sites (tertiary alicyclic amines) is 1. The Morgan fingerprint density at radius 2 is 2.13 bits per heavy atom. The Bertz CT molecular complexity index is 891. The van der Waals surface area contributed by atoms with Gasteiger partial charge in [-0.3, -0.25) is 9.20 Å². The molecule has 6 nitrogen and oxygen atoms in total. The van der Waals surface area contributed by atoms with Crippen molar-refractivity contribution in [2.75, 3.05) is 13.1 Å². The molecule has 0 bridgehead atoms. The number of hydrogen-bond acceptors (Lipinski definition) is 3. The van der Waals surface area contributed by atoms with Gasteiger partial charge in [-0.2, -0.15) is 0 Å². The van der Waals surface area contributed by atoms with Crippen LogP contribution in [0.4, 0.5) is 0 Å². The average molecular weight is 309 g/mol. The zero-order chi connectivity index (χ0) is 15.4. The third-order valence-electron chi connectivity index (χ3n) is 5.15. The summed E-state index contributed by atoms with van der Waals surface area (Å²) in [7, 11) is 0. The van der Waals surface area contributed by atoms with E-state index in [1.165, 1.54) is 5.69 Å². The van der Waals surface area contributed by atoms with Gasteiger partial charge < -0.3 is 9.88 Å². The topological polar surface area (TPSA) is 66.3 Å². The minimum absolute atomic E-state index is 0.302. The number of aromatic nitrogens is 4. The maximum Gasteiger partial charge on any atom is 0.225 e. The van der Waals surface area contributed by atoms with Gasteiger partial charge in [-0.1, -0.05) is 0 Å². The molecule has 4 heterocycles. The smallest absolute Gasteiger partial charge is 0.225 e. The third kappa shape index (κ3) is 2.04. The summed E-state index contributed by atoms with van der Waals surface area (Å²) in [6, 6.07) is 2.04. The van der Waals surface area contributed by atoms with Crippen molar-refractivity contribution < 1.29 is 4.79 Å². The first-order chi connectivity index (χ1) is 11.3. The van der Waals surface area contributed by atoms with Crippen molar-refractivity contribution in [2.24, 2.45) is 5.92 Å². The molecule has 3 aromatic rings. The Labute approximate surface area is 133 Å². The number of aromatic amines is 1. The van der Waals surface area contributed by atoms with Gasteiger partial charge in [-0.15, -0.1) is 0 Å². The van der Waals surface area contributed by atoms with Crippen LogP contribution in [0.3, 0.4) is 0 Å². The summed E-state index contributed by atoms with van der Waals surface area (Å²) in [6.07, 6.45) is 9.99. The molecule has 1 atom stereocenters. The predicted octanol–water partition coefficient (Wildman–Crippen LogP) is 2.33. The first kappa shape index (κ1) is 13.1. The molecule has 1 N–H and O–H groups in total. The van der Waals surface area contributed by atoms with Crippen molar-refractivity contribution in [3.63, 3.8) is 0 Å². The van der Waals surface area contributed by atoms with Crippen LogP contribution >= 0.6 is 0 Å². The number of H-pyrrole nitrogens is 1. The first-order valence-corrected chi connectivity index (χ1v) is 8.39. The van der Waals surface area contributed by atoms with Crippen molar-refractivity contribution >= 4 is 22.7 Å². The van der Waals surface area contributed by atoms with E-state index in [1.54, 1.807) is 6.20 Å². The van der Waals surface area contributed by atoms with Crippen LogP contribution in [0.15, 0.2) is 24.7 Å². The average Bonchev–Trinajstić information content (AvgIpc) is 3.16. The number of piperidine rings is 1. The lowest BCUT2D eigenvalue weighted by molar-refractivity contribution is -0.133. The van der Waals surface area contributed by atoms with E-state index in [4.69, 9.17) is 0 Å². The fourth-order valence-electron chi connectivity index (χ4n) is 3.79. The van der Waals surface area contributed by atoms with Crippen LogP contribution in [0, 0.1) is 5.92 Å². The fourth-order valence-corrected chi connectivity index (χ4v) is 3.79.